The summed E-state index contributed by atoms with van der Waals surface area (Å²) in [5.41, 5.74) is 0.956. The maximum Gasteiger partial charge on any atom is 0.306 e. The lowest BCUT2D eigenvalue weighted by molar-refractivity contribution is -0.141. The predicted octanol–water partition coefficient (Wildman–Crippen LogP) is 2.45. The first-order valence-corrected chi connectivity index (χ1v) is 7.39. The van der Waals surface area contributed by atoms with Gasteiger partial charge in [0.25, 0.3) is 0 Å². The Bertz CT molecular complexity index is 457. The van der Waals surface area contributed by atoms with Gasteiger partial charge in [-0.2, -0.15) is 11.8 Å². The second-order valence-electron chi connectivity index (χ2n) is 4.71. The van der Waals surface area contributed by atoms with Gasteiger partial charge in [-0.1, -0.05) is 13.0 Å². The van der Waals surface area contributed by atoms with Gasteiger partial charge in [0.1, 0.15) is 6.10 Å². The molecule has 1 aromatic rings. The lowest BCUT2D eigenvalue weighted by Crippen LogP contribution is -2.31. The number of methoxy groups -OCH3 is 1. The first kappa shape index (κ1) is 14.1. The Balaban J connectivity index is 2.12. The lowest BCUT2D eigenvalue weighted by atomic mass is 10.0. The van der Waals surface area contributed by atoms with E-state index < -0.39 is 11.9 Å². The van der Waals surface area contributed by atoms with Crippen LogP contribution in [0.1, 0.15) is 12.5 Å². The van der Waals surface area contributed by atoms with Crippen molar-refractivity contribution in [3.63, 3.8) is 0 Å². The van der Waals surface area contributed by atoms with Gasteiger partial charge in [0.2, 0.25) is 0 Å². The average molecular weight is 282 g/mol. The number of benzene rings is 1. The van der Waals surface area contributed by atoms with Crippen molar-refractivity contribution in [2.24, 2.45) is 5.92 Å². The summed E-state index contributed by atoms with van der Waals surface area (Å²) in [6, 6.07) is 5.62. The van der Waals surface area contributed by atoms with Crippen LogP contribution in [-0.4, -0.2) is 35.8 Å². The van der Waals surface area contributed by atoms with Crippen LogP contribution in [0.2, 0.25) is 0 Å². The first-order valence-electron chi connectivity index (χ1n) is 6.24. The minimum absolute atomic E-state index is 0.242. The van der Waals surface area contributed by atoms with E-state index in [1.807, 2.05) is 30.0 Å². The van der Waals surface area contributed by atoms with Gasteiger partial charge in [-0.25, -0.2) is 0 Å². The molecule has 0 aromatic heterocycles. The van der Waals surface area contributed by atoms with Gasteiger partial charge in [-0.05, 0) is 24.1 Å². The molecule has 0 spiro atoms. The highest BCUT2D eigenvalue weighted by Crippen LogP contribution is 2.32. The van der Waals surface area contributed by atoms with E-state index in [2.05, 4.69) is 0 Å². The number of carbonyl (C=O) groups is 1. The van der Waals surface area contributed by atoms with Crippen molar-refractivity contribution in [3.05, 3.63) is 23.8 Å². The third-order valence-electron chi connectivity index (χ3n) is 3.09. The van der Waals surface area contributed by atoms with E-state index in [0.717, 1.165) is 17.1 Å². The largest absolute Gasteiger partial charge is 0.493 e. The molecule has 1 N–H and O–H groups in total. The summed E-state index contributed by atoms with van der Waals surface area (Å²) in [6.07, 6.45) is 0.737. The summed E-state index contributed by atoms with van der Waals surface area (Å²) in [4.78, 5) is 10.9. The minimum atomic E-state index is -0.784. The molecule has 1 fully saturated rings. The van der Waals surface area contributed by atoms with Crippen molar-refractivity contribution in [1.82, 2.24) is 0 Å². The zero-order valence-corrected chi connectivity index (χ0v) is 11.9. The summed E-state index contributed by atoms with van der Waals surface area (Å²) in [5.74, 6) is 2.22. The molecular weight excluding hydrogens is 264 g/mol. The van der Waals surface area contributed by atoms with E-state index in [1.54, 1.807) is 14.0 Å². The van der Waals surface area contributed by atoms with Crippen LogP contribution in [0.3, 0.4) is 0 Å². The fraction of sp³-hybridized carbons (Fsp3) is 0.500. The molecule has 2 rings (SSSR count). The van der Waals surface area contributed by atoms with Gasteiger partial charge < -0.3 is 14.6 Å². The Morgan fingerprint density at radius 1 is 1.47 bits per heavy atom. The molecule has 0 bridgehead atoms. The summed E-state index contributed by atoms with van der Waals surface area (Å²) in [7, 11) is 1.61. The van der Waals surface area contributed by atoms with Crippen molar-refractivity contribution in [1.29, 1.82) is 0 Å². The van der Waals surface area contributed by atoms with E-state index >= 15 is 0 Å². The van der Waals surface area contributed by atoms with E-state index in [-0.39, 0.29) is 6.10 Å². The molecule has 1 heterocycles. The average Bonchev–Trinajstić information content (AvgIpc) is 2.34. The molecule has 19 heavy (non-hydrogen) atoms. The molecule has 0 aliphatic carbocycles. The van der Waals surface area contributed by atoms with E-state index in [4.69, 9.17) is 14.6 Å². The highest BCUT2D eigenvalue weighted by Gasteiger charge is 2.22. The topological polar surface area (TPSA) is 55.8 Å². The fourth-order valence-corrected chi connectivity index (χ4v) is 2.41. The number of hydrogen-bond donors (Lipinski definition) is 1. The molecule has 1 aromatic carbocycles. The van der Waals surface area contributed by atoms with Gasteiger partial charge in [-0.15, -0.1) is 0 Å². The number of carboxylic acid groups (broad SMARTS) is 1. The summed E-state index contributed by atoms with van der Waals surface area (Å²) >= 11 is 1.85. The molecule has 1 aliphatic heterocycles. The Labute approximate surface area is 117 Å². The predicted molar refractivity (Wildman–Crippen MR) is 75.2 cm³/mol. The molecule has 4 nitrogen and oxygen atoms in total. The SMILES string of the molecule is COc1ccc(CC(C)C(=O)O)cc1OC1CSC1. The molecule has 1 unspecified atom stereocenters. The van der Waals surface area contributed by atoms with Crippen LogP contribution in [0.4, 0.5) is 0 Å². The Morgan fingerprint density at radius 3 is 2.74 bits per heavy atom. The van der Waals surface area contributed by atoms with Crippen molar-refractivity contribution in [2.45, 2.75) is 19.4 Å². The highest BCUT2D eigenvalue weighted by molar-refractivity contribution is 8.00. The first-order chi connectivity index (χ1) is 9.10. The molecular formula is C14H18O4S. The zero-order chi connectivity index (χ0) is 13.8. The number of thioether (sulfide) groups is 1. The summed E-state index contributed by atoms with van der Waals surface area (Å²) in [6.45, 7) is 1.70. The van der Waals surface area contributed by atoms with Crippen molar-refractivity contribution < 1.29 is 19.4 Å². The van der Waals surface area contributed by atoms with Crippen molar-refractivity contribution in [2.75, 3.05) is 18.6 Å². The van der Waals surface area contributed by atoms with Gasteiger partial charge >= 0.3 is 5.97 Å². The second kappa shape index (κ2) is 6.19. The quantitative estimate of drug-likeness (QED) is 0.868. The van der Waals surface area contributed by atoms with Gasteiger partial charge in [0.15, 0.2) is 11.5 Å². The lowest BCUT2D eigenvalue weighted by Gasteiger charge is -2.27. The monoisotopic (exact) mass is 282 g/mol. The standard InChI is InChI=1S/C14H18O4S/c1-9(14(15)16)5-10-3-4-12(17-2)13(6-10)18-11-7-19-8-11/h3-4,6,9,11H,5,7-8H2,1-2H3,(H,15,16). The summed E-state index contributed by atoms with van der Waals surface area (Å²) in [5, 5.41) is 8.95. The van der Waals surface area contributed by atoms with Crippen molar-refractivity contribution in [3.8, 4) is 11.5 Å². The van der Waals surface area contributed by atoms with Gasteiger partial charge in [0.05, 0.1) is 13.0 Å². The zero-order valence-electron chi connectivity index (χ0n) is 11.1. The highest BCUT2D eigenvalue weighted by atomic mass is 32.2. The van der Waals surface area contributed by atoms with E-state index in [9.17, 15) is 4.79 Å². The molecule has 1 aliphatic rings. The maximum atomic E-state index is 10.9. The molecule has 1 atom stereocenters. The molecule has 5 heteroatoms. The molecule has 0 radical (unpaired) electrons. The second-order valence-corrected chi connectivity index (χ2v) is 5.78. The molecule has 1 saturated heterocycles. The maximum absolute atomic E-state index is 10.9. The van der Waals surface area contributed by atoms with E-state index in [1.165, 1.54) is 0 Å². The summed E-state index contributed by atoms with van der Waals surface area (Å²) < 4.78 is 11.1. The Hall–Kier alpha value is -1.36. The normalized spacial score (nSPS) is 16.5. The van der Waals surface area contributed by atoms with Gasteiger partial charge in [-0.3, -0.25) is 4.79 Å². The Morgan fingerprint density at radius 2 is 2.21 bits per heavy atom. The number of hydrogen-bond acceptors (Lipinski definition) is 4. The minimum Gasteiger partial charge on any atom is -0.493 e. The fourth-order valence-electron chi connectivity index (χ4n) is 1.84. The number of ether oxygens (including phenoxy) is 2. The van der Waals surface area contributed by atoms with Crippen LogP contribution in [-0.2, 0) is 11.2 Å². The van der Waals surface area contributed by atoms with Crippen LogP contribution in [0.25, 0.3) is 0 Å². The third kappa shape index (κ3) is 3.56. The molecule has 0 amide bonds. The molecule has 104 valence electrons. The van der Waals surface area contributed by atoms with Crippen molar-refractivity contribution >= 4 is 17.7 Å². The van der Waals surface area contributed by atoms with Crippen LogP contribution in [0, 0.1) is 5.92 Å². The Kier molecular flexibility index (Phi) is 4.58. The third-order valence-corrected chi connectivity index (χ3v) is 4.31. The number of rotatable bonds is 6. The van der Waals surface area contributed by atoms with Gasteiger partial charge in [0, 0.05) is 11.5 Å². The molecule has 0 saturated carbocycles. The van der Waals surface area contributed by atoms with Crippen LogP contribution in [0.5, 0.6) is 11.5 Å². The smallest absolute Gasteiger partial charge is 0.306 e. The number of aliphatic carboxylic acids is 1. The van der Waals surface area contributed by atoms with Crippen LogP contribution in [0.15, 0.2) is 18.2 Å². The number of carboxylic acids is 1. The van der Waals surface area contributed by atoms with Crippen LogP contribution < -0.4 is 9.47 Å². The van der Waals surface area contributed by atoms with E-state index in [0.29, 0.717) is 17.9 Å². The van der Waals surface area contributed by atoms with Crippen LogP contribution >= 0.6 is 11.8 Å².